The zero-order valence-corrected chi connectivity index (χ0v) is 14.0. The van der Waals surface area contributed by atoms with Crippen LogP contribution < -0.4 is 14.9 Å². The van der Waals surface area contributed by atoms with Crippen molar-refractivity contribution < 1.29 is 14.3 Å². The van der Waals surface area contributed by atoms with Crippen LogP contribution in [0.5, 0.6) is 11.5 Å². The number of amides is 1. The van der Waals surface area contributed by atoms with Gasteiger partial charge in [-0.15, -0.1) is 0 Å². The van der Waals surface area contributed by atoms with Crippen molar-refractivity contribution >= 4 is 12.1 Å². The number of hydrazone groups is 1. The molecule has 5 heteroatoms. The van der Waals surface area contributed by atoms with Crippen LogP contribution in [0.4, 0.5) is 0 Å². The van der Waals surface area contributed by atoms with Gasteiger partial charge in [-0.25, -0.2) is 5.43 Å². The van der Waals surface area contributed by atoms with E-state index in [1.54, 1.807) is 26.5 Å². The minimum absolute atomic E-state index is 0.0446. The van der Waals surface area contributed by atoms with Gasteiger partial charge in [0.05, 0.1) is 20.4 Å². The van der Waals surface area contributed by atoms with Crippen LogP contribution in [0.15, 0.2) is 23.3 Å². The van der Waals surface area contributed by atoms with Crippen LogP contribution >= 0.6 is 0 Å². The molecule has 0 aliphatic heterocycles. The number of methoxy groups -OCH3 is 2. The van der Waals surface area contributed by atoms with Gasteiger partial charge in [0.25, 0.3) is 0 Å². The monoisotopic (exact) mass is 316 g/mol. The molecule has 0 unspecified atom stereocenters. The molecule has 2 saturated carbocycles. The molecule has 1 aromatic carbocycles. The first-order chi connectivity index (χ1) is 11.1. The Kier molecular flexibility index (Phi) is 4.28. The van der Waals surface area contributed by atoms with E-state index in [0.29, 0.717) is 11.7 Å². The number of rotatable bonds is 5. The Morgan fingerprint density at radius 3 is 2.83 bits per heavy atom. The molecule has 0 bridgehead atoms. The summed E-state index contributed by atoms with van der Waals surface area (Å²) in [5.41, 5.74) is 3.70. The Balaban J connectivity index is 1.62. The van der Waals surface area contributed by atoms with Gasteiger partial charge in [-0.3, -0.25) is 4.79 Å². The normalized spacial score (nSPS) is 29.0. The Morgan fingerprint density at radius 1 is 1.35 bits per heavy atom. The number of nitrogens with zero attached hydrogens (tertiary/aromatic N) is 1. The molecule has 2 aliphatic rings. The molecule has 124 valence electrons. The molecule has 3 atom stereocenters. The van der Waals surface area contributed by atoms with Crippen molar-refractivity contribution in [3.05, 3.63) is 23.8 Å². The van der Waals surface area contributed by atoms with Crippen molar-refractivity contribution in [3.8, 4) is 11.5 Å². The Morgan fingerprint density at radius 2 is 2.17 bits per heavy atom. The summed E-state index contributed by atoms with van der Waals surface area (Å²) in [4.78, 5) is 12.3. The quantitative estimate of drug-likeness (QED) is 0.671. The van der Waals surface area contributed by atoms with E-state index in [1.165, 1.54) is 19.3 Å². The number of benzene rings is 1. The van der Waals surface area contributed by atoms with Gasteiger partial charge in [0.15, 0.2) is 0 Å². The van der Waals surface area contributed by atoms with Crippen LogP contribution in [0.1, 0.15) is 38.2 Å². The minimum Gasteiger partial charge on any atom is -0.497 e. The maximum absolute atomic E-state index is 12.3. The number of nitrogens with one attached hydrogen (secondary N) is 1. The second-order valence-electron chi connectivity index (χ2n) is 6.68. The van der Waals surface area contributed by atoms with E-state index in [2.05, 4.69) is 17.5 Å². The van der Waals surface area contributed by atoms with Crippen LogP contribution in [-0.2, 0) is 4.79 Å². The van der Waals surface area contributed by atoms with E-state index in [4.69, 9.17) is 9.47 Å². The topological polar surface area (TPSA) is 59.9 Å². The summed E-state index contributed by atoms with van der Waals surface area (Å²) in [5.74, 6) is 2.09. The highest BCUT2D eigenvalue weighted by Crippen LogP contribution is 2.66. The van der Waals surface area contributed by atoms with Crippen molar-refractivity contribution in [3.63, 3.8) is 0 Å². The summed E-state index contributed by atoms with van der Waals surface area (Å²) >= 11 is 0. The predicted molar refractivity (Wildman–Crippen MR) is 88.8 cm³/mol. The van der Waals surface area contributed by atoms with Crippen molar-refractivity contribution in [2.45, 2.75) is 32.6 Å². The van der Waals surface area contributed by atoms with Gasteiger partial charge < -0.3 is 9.47 Å². The second kappa shape index (κ2) is 6.22. The standard InChI is InChI=1S/C18H24N2O3/c1-18-9-5-4-6-14(18)16(18)17(21)20-19-11-12-7-8-13(22-2)10-15(12)23-3/h7-8,10-11,14,16H,4-6,9H2,1-3H3,(H,20,21)/b19-11-/t14-,16-,18-/m0/s1. The highest BCUT2D eigenvalue weighted by atomic mass is 16.5. The molecule has 0 spiro atoms. The molecule has 1 aromatic rings. The maximum Gasteiger partial charge on any atom is 0.244 e. The third-order valence-electron chi connectivity index (χ3n) is 5.43. The zero-order valence-electron chi connectivity index (χ0n) is 14.0. The molecule has 2 aliphatic carbocycles. The summed E-state index contributed by atoms with van der Waals surface area (Å²) in [6.45, 7) is 2.23. The average Bonchev–Trinajstić information content (AvgIpc) is 3.20. The average molecular weight is 316 g/mol. The van der Waals surface area contributed by atoms with E-state index in [9.17, 15) is 4.79 Å². The number of carbonyl (C=O) groups is 1. The molecule has 1 amide bonds. The van der Waals surface area contributed by atoms with Crippen molar-refractivity contribution in [1.29, 1.82) is 0 Å². The molecule has 0 saturated heterocycles. The van der Waals surface area contributed by atoms with Crippen LogP contribution in [0.2, 0.25) is 0 Å². The van der Waals surface area contributed by atoms with Crippen LogP contribution in [0.25, 0.3) is 0 Å². The first kappa shape index (κ1) is 15.8. The van der Waals surface area contributed by atoms with E-state index in [1.807, 2.05) is 12.1 Å². The zero-order chi connectivity index (χ0) is 16.4. The lowest BCUT2D eigenvalue weighted by Gasteiger charge is -2.15. The van der Waals surface area contributed by atoms with Gasteiger partial charge in [0.2, 0.25) is 5.91 Å². The second-order valence-corrected chi connectivity index (χ2v) is 6.68. The summed E-state index contributed by atoms with van der Waals surface area (Å²) in [6, 6.07) is 5.48. The highest BCUT2D eigenvalue weighted by Gasteiger charge is 2.64. The summed E-state index contributed by atoms with van der Waals surface area (Å²) in [5, 5.41) is 4.11. The third kappa shape index (κ3) is 2.92. The fourth-order valence-corrected chi connectivity index (χ4v) is 4.01. The largest absolute Gasteiger partial charge is 0.497 e. The lowest BCUT2D eigenvalue weighted by Crippen LogP contribution is -2.22. The van der Waals surface area contributed by atoms with Crippen LogP contribution in [-0.4, -0.2) is 26.3 Å². The van der Waals surface area contributed by atoms with E-state index < -0.39 is 0 Å². The first-order valence-corrected chi connectivity index (χ1v) is 8.15. The van der Waals surface area contributed by atoms with E-state index >= 15 is 0 Å². The first-order valence-electron chi connectivity index (χ1n) is 8.15. The molecule has 3 rings (SSSR count). The van der Waals surface area contributed by atoms with Crippen LogP contribution in [0, 0.1) is 17.3 Å². The highest BCUT2D eigenvalue weighted by molar-refractivity contribution is 5.87. The number of fused-ring (bicyclic) bond motifs is 1. The Bertz CT molecular complexity index is 629. The molecule has 1 N–H and O–H groups in total. The van der Waals surface area contributed by atoms with E-state index in [0.717, 1.165) is 17.7 Å². The lowest BCUT2D eigenvalue weighted by molar-refractivity contribution is -0.123. The molecule has 5 nitrogen and oxygen atoms in total. The molecule has 0 aromatic heterocycles. The predicted octanol–water partition coefficient (Wildman–Crippen LogP) is 2.98. The summed E-state index contributed by atoms with van der Waals surface area (Å²) < 4.78 is 10.5. The van der Waals surface area contributed by atoms with Crippen molar-refractivity contribution in [1.82, 2.24) is 5.43 Å². The third-order valence-corrected chi connectivity index (χ3v) is 5.43. The van der Waals surface area contributed by atoms with Gasteiger partial charge >= 0.3 is 0 Å². The Labute approximate surface area is 137 Å². The fourth-order valence-electron chi connectivity index (χ4n) is 4.01. The van der Waals surface area contributed by atoms with E-state index in [-0.39, 0.29) is 17.2 Å². The van der Waals surface area contributed by atoms with Crippen LogP contribution in [0.3, 0.4) is 0 Å². The van der Waals surface area contributed by atoms with Gasteiger partial charge in [-0.2, -0.15) is 5.10 Å². The van der Waals surface area contributed by atoms with Gasteiger partial charge in [-0.05, 0) is 36.3 Å². The minimum atomic E-state index is 0.0446. The number of ether oxygens (including phenoxy) is 2. The molecule has 0 heterocycles. The maximum atomic E-state index is 12.3. The number of hydrogen-bond acceptors (Lipinski definition) is 4. The SMILES string of the molecule is COc1ccc(/C=N\NC(=O)[C@@H]2[C@@H]3CCCC[C@]23C)c(OC)c1. The van der Waals surface area contributed by atoms with Crippen molar-refractivity contribution in [2.24, 2.45) is 22.4 Å². The molecule has 23 heavy (non-hydrogen) atoms. The summed E-state index contributed by atoms with van der Waals surface area (Å²) in [6.07, 6.45) is 6.43. The molecular weight excluding hydrogens is 292 g/mol. The Hall–Kier alpha value is -2.04. The van der Waals surface area contributed by atoms with Gasteiger partial charge in [0.1, 0.15) is 11.5 Å². The smallest absolute Gasteiger partial charge is 0.244 e. The van der Waals surface area contributed by atoms with Gasteiger partial charge in [0, 0.05) is 17.5 Å². The van der Waals surface area contributed by atoms with Gasteiger partial charge in [-0.1, -0.05) is 19.8 Å². The number of carbonyl (C=O) groups excluding carboxylic acids is 1. The summed E-state index contributed by atoms with van der Waals surface area (Å²) in [7, 11) is 3.21. The fraction of sp³-hybridized carbons (Fsp3) is 0.556. The van der Waals surface area contributed by atoms with Crippen molar-refractivity contribution in [2.75, 3.05) is 14.2 Å². The lowest BCUT2D eigenvalue weighted by atomic mass is 9.90. The molecule has 0 radical (unpaired) electrons. The molecular formula is C18H24N2O3. The molecule has 2 fully saturated rings. The number of hydrogen-bond donors (Lipinski definition) is 1.